The monoisotopic (exact) mass is 426 g/mol. The van der Waals surface area contributed by atoms with Crippen LogP contribution in [0.2, 0.25) is 0 Å². The summed E-state index contributed by atoms with van der Waals surface area (Å²) in [6.07, 6.45) is 5.20. The number of nitrogen functional groups attached to an aromatic ring is 1. The summed E-state index contributed by atoms with van der Waals surface area (Å²) in [7, 11) is 0. The lowest BCUT2D eigenvalue weighted by Crippen LogP contribution is -2.00. The zero-order chi connectivity index (χ0) is 22.6. The van der Waals surface area contributed by atoms with Crippen LogP contribution in [0.3, 0.4) is 0 Å². The van der Waals surface area contributed by atoms with Gasteiger partial charge in [0, 0.05) is 35.9 Å². The summed E-state index contributed by atoms with van der Waals surface area (Å²) in [5.41, 5.74) is 9.87. The van der Waals surface area contributed by atoms with E-state index in [1.165, 1.54) is 12.1 Å². The minimum atomic E-state index is -0.414. The number of benzene rings is 2. The van der Waals surface area contributed by atoms with Gasteiger partial charge >= 0.3 is 0 Å². The normalized spacial score (nSPS) is 10.2. The van der Waals surface area contributed by atoms with Gasteiger partial charge in [-0.05, 0) is 60.7 Å². The van der Waals surface area contributed by atoms with Crippen molar-refractivity contribution >= 4 is 29.0 Å². The molecule has 0 spiro atoms. The molecule has 0 aliphatic heterocycles. The summed E-state index contributed by atoms with van der Waals surface area (Å²) in [6.45, 7) is 0.596. The molecule has 3 N–H and O–H groups in total. The first-order valence-corrected chi connectivity index (χ1v) is 9.79. The SMILES string of the molecule is Nc1ccc(N=Cc2ccccn2)cc1.O=[N+]([O-])c1ccc(NCc2ccccn2)cc1. The predicted octanol–water partition coefficient (Wildman–Crippen LogP) is 5.02. The van der Waals surface area contributed by atoms with Crippen LogP contribution in [0.1, 0.15) is 11.4 Å². The molecule has 0 radical (unpaired) electrons. The Kier molecular flexibility index (Phi) is 7.98. The second-order valence-corrected chi connectivity index (χ2v) is 6.58. The Bertz CT molecular complexity index is 1130. The van der Waals surface area contributed by atoms with Gasteiger partial charge in [-0.1, -0.05) is 12.1 Å². The molecule has 0 aliphatic rings. The first-order valence-electron chi connectivity index (χ1n) is 9.79. The summed E-state index contributed by atoms with van der Waals surface area (Å²) in [5, 5.41) is 13.6. The summed E-state index contributed by atoms with van der Waals surface area (Å²) in [6, 6.07) is 25.1. The van der Waals surface area contributed by atoms with E-state index in [9.17, 15) is 10.1 Å². The summed E-state index contributed by atoms with van der Waals surface area (Å²) in [4.78, 5) is 22.6. The summed E-state index contributed by atoms with van der Waals surface area (Å²) >= 11 is 0. The average molecular weight is 426 g/mol. The third kappa shape index (κ3) is 7.34. The molecule has 0 saturated carbocycles. The van der Waals surface area contributed by atoms with Crippen LogP contribution in [0, 0.1) is 10.1 Å². The van der Waals surface area contributed by atoms with Gasteiger partial charge in [0.15, 0.2) is 0 Å². The Labute approximate surface area is 185 Å². The van der Waals surface area contributed by atoms with Crippen LogP contribution in [0.25, 0.3) is 0 Å². The van der Waals surface area contributed by atoms with E-state index in [4.69, 9.17) is 5.73 Å². The number of aliphatic imine (C=N–C) groups is 1. The Morgan fingerprint density at radius 3 is 2.19 bits per heavy atom. The highest BCUT2D eigenvalue weighted by Crippen LogP contribution is 2.16. The number of hydrogen-bond donors (Lipinski definition) is 2. The molecule has 2 aromatic heterocycles. The molecule has 4 aromatic rings. The highest BCUT2D eigenvalue weighted by molar-refractivity contribution is 5.79. The maximum atomic E-state index is 10.5. The Hall–Kier alpha value is -4.59. The minimum absolute atomic E-state index is 0.0911. The van der Waals surface area contributed by atoms with E-state index >= 15 is 0 Å². The highest BCUT2D eigenvalue weighted by Gasteiger charge is 2.03. The quantitative estimate of drug-likeness (QED) is 0.193. The molecule has 2 heterocycles. The predicted molar refractivity (Wildman–Crippen MR) is 127 cm³/mol. The van der Waals surface area contributed by atoms with Gasteiger partial charge in [-0.2, -0.15) is 0 Å². The number of anilines is 2. The molecule has 0 aliphatic carbocycles. The molecule has 0 amide bonds. The molecular weight excluding hydrogens is 404 g/mol. The average Bonchev–Trinajstić information content (AvgIpc) is 2.84. The van der Waals surface area contributed by atoms with Crippen molar-refractivity contribution in [1.82, 2.24) is 9.97 Å². The van der Waals surface area contributed by atoms with Crippen LogP contribution in [-0.4, -0.2) is 21.1 Å². The molecule has 2 aromatic carbocycles. The molecule has 0 saturated heterocycles. The number of nitro benzene ring substituents is 1. The molecule has 8 nitrogen and oxygen atoms in total. The third-order valence-electron chi connectivity index (χ3n) is 4.20. The van der Waals surface area contributed by atoms with Gasteiger partial charge < -0.3 is 11.1 Å². The topological polar surface area (TPSA) is 119 Å². The van der Waals surface area contributed by atoms with Crippen molar-refractivity contribution in [2.45, 2.75) is 6.54 Å². The molecule has 0 unspecified atom stereocenters. The van der Waals surface area contributed by atoms with Crippen molar-refractivity contribution in [3.63, 3.8) is 0 Å². The zero-order valence-corrected chi connectivity index (χ0v) is 17.2. The third-order valence-corrected chi connectivity index (χ3v) is 4.20. The Morgan fingerprint density at radius 1 is 0.906 bits per heavy atom. The van der Waals surface area contributed by atoms with Gasteiger partial charge in [0.25, 0.3) is 5.69 Å². The number of nitro groups is 1. The van der Waals surface area contributed by atoms with Crippen LogP contribution in [0.5, 0.6) is 0 Å². The van der Waals surface area contributed by atoms with Gasteiger partial charge in [0.05, 0.1) is 34.8 Å². The van der Waals surface area contributed by atoms with Crippen LogP contribution in [-0.2, 0) is 6.54 Å². The fourth-order valence-electron chi connectivity index (χ4n) is 2.55. The number of hydrogen-bond acceptors (Lipinski definition) is 7. The number of nitrogens with zero attached hydrogens (tertiary/aromatic N) is 4. The number of non-ortho nitro benzene ring substituents is 1. The lowest BCUT2D eigenvalue weighted by atomic mass is 10.2. The second-order valence-electron chi connectivity index (χ2n) is 6.58. The van der Waals surface area contributed by atoms with E-state index in [1.54, 1.807) is 30.7 Å². The summed E-state index contributed by atoms with van der Waals surface area (Å²) < 4.78 is 0. The van der Waals surface area contributed by atoms with Crippen molar-refractivity contribution in [2.24, 2.45) is 4.99 Å². The Morgan fingerprint density at radius 2 is 1.59 bits per heavy atom. The van der Waals surface area contributed by atoms with Crippen molar-refractivity contribution < 1.29 is 4.92 Å². The maximum Gasteiger partial charge on any atom is 0.269 e. The van der Waals surface area contributed by atoms with Crippen LogP contribution in [0.15, 0.2) is 102 Å². The number of pyridine rings is 2. The number of nitrogens with one attached hydrogen (secondary N) is 1. The van der Waals surface area contributed by atoms with E-state index < -0.39 is 4.92 Å². The smallest absolute Gasteiger partial charge is 0.269 e. The van der Waals surface area contributed by atoms with Crippen LogP contribution < -0.4 is 11.1 Å². The second kappa shape index (κ2) is 11.6. The largest absolute Gasteiger partial charge is 0.399 e. The van der Waals surface area contributed by atoms with Crippen molar-refractivity contribution in [1.29, 1.82) is 0 Å². The first-order chi connectivity index (χ1) is 15.6. The fourth-order valence-corrected chi connectivity index (χ4v) is 2.55. The lowest BCUT2D eigenvalue weighted by molar-refractivity contribution is -0.384. The molecule has 4 rings (SSSR count). The van der Waals surface area contributed by atoms with Crippen molar-refractivity contribution in [3.05, 3.63) is 119 Å². The van der Waals surface area contributed by atoms with E-state index in [2.05, 4.69) is 20.3 Å². The number of rotatable bonds is 6. The van der Waals surface area contributed by atoms with Gasteiger partial charge in [-0.3, -0.25) is 25.1 Å². The van der Waals surface area contributed by atoms with E-state index in [0.717, 1.165) is 28.5 Å². The van der Waals surface area contributed by atoms with Gasteiger partial charge in [0.1, 0.15) is 0 Å². The molecular formula is C24H22N6O2. The van der Waals surface area contributed by atoms with Crippen LogP contribution in [0.4, 0.5) is 22.7 Å². The highest BCUT2D eigenvalue weighted by atomic mass is 16.6. The first kappa shape index (κ1) is 22.1. The molecule has 0 fully saturated rings. The molecule has 0 atom stereocenters. The van der Waals surface area contributed by atoms with E-state index in [1.807, 2.05) is 60.7 Å². The maximum absolute atomic E-state index is 10.5. The molecule has 8 heteroatoms. The van der Waals surface area contributed by atoms with Crippen molar-refractivity contribution in [2.75, 3.05) is 11.1 Å². The number of nitrogens with two attached hydrogens (primary N) is 1. The van der Waals surface area contributed by atoms with Crippen LogP contribution >= 0.6 is 0 Å². The standard InChI is InChI=1S/C12H11N3O2.C12H11N3/c16-15(17)12-6-4-10(5-7-12)14-9-11-3-1-2-8-13-11;13-10-4-6-11(7-5-10)15-9-12-3-1-2-8-14-12/h1-8,14H,9H2;1-9H,13H2. The van der Waals surface area contributed by atoms with Gasteiger partial charge in [0.2, 0.25) is 0 Å². The van der Waals surface area contributed by atoms with E-state index in [-0.39, 0.29) is 5.69 Å². The lowest BCUT2D eigenvalue weighted by Gasteiger charge is -2.05. The minimum Gasteiger partial charge on any atom is -0.399 e. The zero-order valence-electron chi connectivity index (χ0n) is 17.2. The Balaban J connectivity index is 0.000000182. The molecule has 160 valence electrons. The fraction of sp³-hybridized carbons (Fsp3) is 0.0417. The van der Waals surface area contributed by atoms with E-state index in [0.29, 0.717) is 6.54 Å². The molecule has 0 bridgehead atoms. The molecule has 32 heavy (non-hydrogen) atoms. The van der Waals surface area contributed by atoms with Gasteiger partial charge in [-0.25, -0.2) is 0 Å². The van der Waals surface area contributed by atoms with Gasteiger partial charge in [-0.15, -0.1) is 0 Å². The number of aromatic nitrogens is 2. The summed E-state index contributed by atoms with van der Waals surface area (Å²) in [5.74, 6) is 0. The van der Waals surface area contributed by atoms with Crippen molar-refractivity contribution in [3.8, 4) is 0 Å².